The van der Waals surface area contributed by atoms with Gasteiger partial charge in [-0.3, -0.25) is 4.79 Å². The summed E-state index contributed by atoms with van der Waals surface area (Å²) in [6.45, 7) is 2.28. The Morgan fingerprint density at radius 3 is 2.67 bits per heavy atom. The van der Waals surface area contributed by atoms with E-state index in [9.17, 15) is 4.79 Å². The second-order valence-electron chi connectivity index (χ2n) is 4.65. The highest BCUT2D eigenvalue weighted by Gasteiger charge is 2.06. The average Bonchev–Trinajstić information content (AvgIpc) is 2.54. The van der Waals surface area contributed by atoms with Crippen LogP contribution < -0.4 is 4.74 Å². The van der Waals surface area contributed by atoms with Gasteiger partial charge in [0.2, 0.25) is 0 Å². The van der Waals surface area contributed by atoms with Crippen LogP contribution in [0.3, 0.4) is 0 Å². The minimum absolute atomic E-state index is 0.0999. The number of hydrogen-bond donors (Lipinski definition) is 0. The van der Waals surface area contributed by atoms with Gasteiger partial charge in [0.15, 0.2) is 5.78 Å². The molecule has 0 atom stereocenters. The lowest BCUT2D eigenvalue weighted by Gasteiger charge is -2.07. The van der Waals surface area contributed by atoms with Crippen molar-refractivity contribution in [2.45, 2.75) is 26.4 Å². The molecule has 2 aromatic carbocycles. The van der Waals surface area contributed by atoms with Crippen LogP contribution in [0, 0.1) is 11.8 Å². The molecule has 2 nitrogen and oxygen atoms in total. The van der Waals surface area contributed by atoms with Gasteiger partial charge in [-0.15, -0.1) is 11.8 Å². The Bertz CT molecular complexity index is 648. The molecule has 0 amide bonds. The summed E-state index contributed by atoms with van der Waals surface area (Å²) in [6, 6.07) is 17.3. The van der Waals surface area contributed by atoms with Gasteiger partial charge in [-0.05, 0) is 24.6 Å². The summed E-state index contributed by atoms with van der Waals surface area (Å²) in [7, 11) is 0. The monoisotopic (exact) mass is 278 g/mol. The molecule has 0 aliphatic rings. The fraction of sp³-hybridized carbons (Fsp3) is 0.211. The summed E-state index contributed by atoms with van der Waals surface area (Å²) < 4.78 is 5.73. The van der Waals surface area contributed by atoms with E-state index in [1.165, 1.54) is 0 Å². The maximum Gasteiger partial charge on any atom is 0.163 e. The summed E-state index contributed by atoms with van der Waals surface area (Å²) in [5.74, 6) is 6.52. The zero-order chi connectivity index (χ0) is 14.9. The third-order valence-corrected chi connectivity index (χ3v) is 3.06. The van der Waals surface area contributed by atoms with E-state index in [0.29, 0.717) is 30.8 Å². The summed E-state index contributed by atoms with van der Waals surface area (Å²) >= 11 is 0. The smallest absolute Gasteiger partial charge is 0.163 e. The largest absolute Gasteiger partial charge is 0.489 e. The first-order chi connectivity index (χ1) is 10.3. The Hall–Kier alpha value is -2.53. The lowest BCUT2D eigenvalue weighted by atomic mass is 10.1. The van der Waals surface area contributed by atoms with Crippen LogP contribution in [0.1, 0.15) is 35.7 Å². The maximum absolute atomic E-state index is 12.0. The van der Waals surface area contributed by atoms with Crippen LogP contribution in [-0.4, -0.2) is 5.78 Å². The highest BCUT2D eigenvalue weighted by atomic mass is 16.5. The van der Waals surface area contributed by atoms with Crippen LogP contribution in [0.4, 0.5) is 0 Å². The normalized spacial score (nSPS) is 9.57. The molecule has 0 radical (unpaired) electrons. The molecular weight excluding hydrogens is 260 g/mol. The van der Waals surface area contributed by atoms with Crippen LogP contribution in [0.5, 0.6) is 5.75 Å². The molecule has 0 saturated carbocycles. The van der Waals surface area contributed by atoms with Gasteiger partial charge in [0.05, 0.1) is 0 Å². The first-order valence-corrected chi connectivity index (χ1v) is 6.99. The number of ether oxygens (including phenoxy) is 1. The van der Waals surface area contributed by atoms with Gasteiger partial charge in [0, 0.05) is 18.4 Å². The van der Waals surface area contributed by atoms with Crippen LogP contribution in [0.15, 0.2) is 54.6 Å². The molecule has 0 aromatic heterocycles. The lowest BCUT2D eigenvalue weighted by Crippen LogP contribution is -2.00. The highest BCUT2D eigenvalue weighted by Crippen LogP contribution is 2.16. The zero-order valence-corrected chi connectivity index (χ0v) is 12.1. The van der Waals surface area contributed by atoms with Crippen molar-refractivity contribution in [3.8, 4) is 17.6 Å². The Balaban J connectivity index is 1.96. The van der Waals surface area contributed by atoms with E-state index in [4.69, 9.17) is 4.74 Å². The number of carbonyl (C=O) groups excluding carboxylic acids is 1. The Labute approximate surface area is 125 Å². The van der Waals surface area contributed by atoms with Gasteiger partial charge in [0.1, 0.15) is 12.4 Å². The van der Waals surface area contributed by atoms with Crippen molar-refractivity contribution < 1.29 is 9.53 Å². The van der Waals surface area contributed by atoms with Gasteiger partial charge in [0.25, 0.3) is 0 Å². The van der Waals surface area contributed by atoms with Gasteiger partial charge >= 0.3 is 0 Å². The first kappa shape index (κ1) is 14.9. The van der Waals surface area contributed by atoms with E-state index in [1.807, 2.05) is 48.5 Å². The topological polar surface area (TPSA) is 26.3 Å². The van der Waals surface area contributed by atoms with E-state index in [1.54, 1.807) is 13.0 Å². The zero-order valence-electron chi connectivity index (χ0n) is 12.1. The molecule has 0 aliphatic heterocycles. The molecule has 2 rings (SSSR count). The third kappa shape index (κ3) is 4.81. The average molecular weight is 278 g/mol. The second-order valence-corrected chi connectivity index (χ2v) is 4.65. The van der Waals surface area contributed by atoms with Crippen molar-refractivity contribution in [2.75, 3.05) is 0 Å². The number of carbonyl (C=O) groups is 1. The first-order valence-electron chi connectivity index (χ1n) is 6.99. The molecule has 0 N–H and O–H groups in total. The summed E-state index contributed by atoms with van der Waals surface area (Å²) in [6.07, 6.45) is 1.05. The molecule has 0 unspecified atom stereocenters. The van der Waals surface area contributed by atoms with Crippen LogP contribution in [0.2, 0.25) is 0 Å². The highest BCUT2D eigenvalue weighted by molar-refractivity contribution is 5.96. The van der Waals surface area contributed by atoms with E-state index >= 15 is 0 Å². The van der Waals surface area contributed by atoms with Gasteiger partial charge in [-0.2, -0.15) is 0 Å². The molecule has 0 spiro atoms. The molecule has 0 fully saturated rings. The summed E-state index contributed by atoms with van der Waals surface area (Å²) in [5.41, 5.74) is 1.78. The van der Waals surface area contributed by atoms with Crippen LogP contribution in [0.25, 0.3) is 0 Å². The minimum Gasteiger partial charge on any atom is -0.489 e. The Kier molecular flexibility index (Phi) is 5.60. The third-order valence-electron chi connectivity index (χ3n) is 3.06. The van der Waals surface area contributed by atoms with Crippen molar-refractivity contribution in [1.82, 2.24) is 0 Å². The number of Topliss-reactive ketones (excluding diaryl/α,β-unsaturated/α-hetero) is 1. The second kappa shape index (κ2) is 7.91. The molecule has 0 bridgehead atoms. The van der Waals surface area contributed by atoms with Gasteiger partial charge in [-0.25, -0.2) is 0 Å². The van der Waals surface area contributed by atoms with Crippen molar-refractivity contribution in [1.29, 1.82) is 0 Å². The number of ketones is 1. The number of hydrogen-bond acceptors (Lipinski definition) is 2. The van der Waals surface area contributed by atoms with Crippen LogP contribution in [-0.2, 0) is 6.61 Å². The maximum atomic E-state index is 12.0. The van der Waals surface area contributed by atoms with Crippen LogP contribution >= 0.6 is 0 Å². The number of benzene rings is 2. The molecule has 106 valence electrons. The minimum atomic E-state index is 0.0999. The lowest BCUT2D eigenvalue weighted by molar-refractivity contribution is 0.0984. The molecule has 0 saturated heterocycles. The number of rotatable bonds is 6. The summed E-state index contributed by atoms with van der Waals surface area (Å²) in [4.78, 5) is 12.0. The quantitative estimate of drug-likeness (QED) is 0.583. The fourth-order valence-corrected chi connectivity index (χ4v) is 1.95. The molecular formula is C19H18O2. The molecule has 2 aromatic rings. The molecule has 2 heteroatoms. The molecule has 0 heterocycles. The van der Waals surface area contributed by atoms with E-state index in [2.05, 4.69) is 11.8 Å². The SMILES string of the molecule is CC#CCCC(=O)c1cccc(OCc2ccccc2)c1. The van der Waals surface area contributed by atoms with E-state index in [-0.39, 0.29) is 5.78 Å². The van der Waals surface area contributed by atoms with Gasteiger partial charge in [-0.1, -0.05) is 42.5 Å². The predicted molar refractivity (Wildman–Crippen MR) is 84.2 cm³/mol. The van der Waals surface area contributed by atoms with Crippen molar-refractivity contribution >= 4 is 5.78 Å². The Morgan fingerprint density at radius 2 is 1.90 bits per heavy atom. The summed E-state index contributed by atoms with van der Waals surface area (Å²) in [5, 5.41) is 0. The molecule has 0 aliphatic carbocycles. The van der Waals surface area contributed by atoms with E-state index < -0.39 is 0 Å². The Morgan fingerprint density at radius 1 is 1.10 bits per heavy atom. The predicted octanol–water partition coefficient (Wildman–Crippen LogP) is 4.25. The standard InChI is InChI=1S/C19H18O2/c1-2-3-5-13-19(20)17-11-8-12-18(14-17)21-15-16-9-6-4-7-10-16/h4,6-12,14H,5,13,15H2,1H3. The van der Waals surface area contributed by atoms with Gasteiger partial charge < -0.3 is 4.74 Å². The van der Waals surface area contributed by atoms with E-state index in [0.717, 1.165) is 5.56 Å². The van der Waals surface area contributed by atoms with Crippen molar-refractivity contribution in [3.05, 3.63) is 65.7 Å². The molecule has 21 heavy (non-hydrogen) atoms. The van der Waals surface area contributed by atoms with Crippen molar-refractivity contribution in [3.63, 3.8) is 0 Å². The van der Waals surface area contributed by atoms with Crippen molar-refractivity contribution in [2.24, 2.45) is 0 Å². The fourth-order valence-electron chi connectivity index (χ4n) is 1.95.